The van der Waals surface area contributed by atoms with Crippen molar-refractivity contribution in [3.8, 4) is 0 Å². The lowest BCUT2D eigenvalue weighted by Crippen LogP contribution is -2.35. The van der Waals surface area contributed by atoms with Crippen molar-refractivity contribution >= 4 is 0 Å². The van der Waals surface area contributed by atoms with Crippen molar-refractivity contribution in [2.24, 2.45) is 0 Å². The van der Waals surface area contributed by atoms with Gasteiger partial charge in [-0.3, -0.25) is 0 Å². The summed E-state index contributed by atoms with van der Waals surface area (Å²) in [6, 6.07) is 0. The third-order valence-corrected chi connectivity index (χ3v) is 4.68. The number of epoxide rings is 1. The van der Waals surface area contributed by atoms with Gasteiger partial charge in [-0.05, 0) is 26.7 Å². The second-order valence-corrected chi connectivity index (χ2v) is 5.61. The Morgan fingerprint density at radius 2 is 2.12 bits per heavy atom. The van der Waals surface area contributed by atoms with Crippen LogP contribution in [0.2, 0.25) is 0 Å². The van der Waals surface area contributed by atoms with Crippen LogP contribution >= 0.6 is 0 Å². The molecule has 0 aromatic carbocycles. The van der Waals surface area contributed by atoms with Crippen LogP contribution in [-0.4, -0.2) is 16.2 Å². The fourth-order valence-corrected chi connectivity index (χ4v) is 4.10. The molecule has 1 saturated heterocycles. The Labute approximate surface area is 93.8 Å². The molecule has 0 N–H and O–H groups in total. The Morgan fingerprint density at radius 3 is 2.75 bits per heavy atom. The van der Waals surface area contributed by atoms with Gasteiger partial charge in [-0.25, -0.2) is 4.98 Å². The molecule has 2 fully saturated rings. The molecule has 1 saturated carbocycles. The molecule has 0 radical (unpaired) electrons. The number of fused-ring (bicyclic) bond motifs is 3. The SMILES string of the molecule is CC1(C)O[C@@]12[C@@H]1CC[C@H]2c2ncc[n+]([O-])c21. The first-order chi connectivity index (χ1) is 7.58. The Bertz CT molecular complexity index is 500. The van der Waals surface area contributed by atoms with Crippen molar-refractivity contribution < 1.29 is 9.47 Å². The van der Waals surface area contributed by atoms with Crippen LogP contribution in [0.1, 0.15) is 49.9 Å². The third-order valence-electron chi connectivity index (χ3n) is 4.68. The Hall–Kier alpha value is -1.16. The summed E-state index contributed by atoms with van der Waals surface area (Å²) in [7, 11) is 0. The fraction of sp³-hybridized carbons (Fsp3) is 0.667. The van der Waals surface area contributed by atoms with Crippen LogP contribution in [0.4, 0.5) is 0 Å². The van der Waals surface area contributed by atoms with E-state index in [-0.39, 0.29) is 17.1 Å². The van der Waals surface area contributed by atoms with Gasteiger partial charge in [0.1, 0.15) is 11.3 Å². The van der Waals surface area contributed by atoms with Gasteiger partial charge < -0.3 is 9.94 Å². The second-order valence-electron chi connectivity index (χ2n) is 5.61. The van der Waals surface area contributed by atoms with E-state index in [2.05, 4.69) is 18.8 Å². The molecule has 1 aromatic heterocycles. The van der Waals surface area contributed by atoms with Crippen LogP contribution in [-0.2, 0) is 4.74 Å². The van der Waals surface area contributed by atoms with Gasteiger partial charge in [-0.1, -0.05) is 0 Å². The molecular formula is C12H14N2O2. The molecule has 1 spiro atoms. The first-order valence-corrected chi connectivity index (χ1v) is 5.86. The topological polar surface area (TPSA) is 52.4 Å². The van der Waals surface area contributed by atoms with E-state index >= 15 is 0 Å². The summed E-state index contributed by atoms with van der Waals surface area (Å²) in [6.45, 7) is 4.25. The zero-order valence-corrected chi connectivity index (χ0v) is 9.43. The summed E-state index contributed by atoms with van der Waals surface area (Å²) in [6.07, 6.45) is 5.28. The van der Waals surface area contributed by atoms with Gasteiger partial charge in [0.05, 0.1) is 17.7 Å². The van der Waals surface area contributed by atoms with Crippen LogP contribution < -0.4 is 4.73 Å². The van der Waals surface area contributed by atoms with Gasteiger partial charge in [0.25, 0.3) is 0 Å². The number of aromatic nitrogens is 2. The molecule has 1 aromatic rings. The maximum atomic E-state index is 11.8. The molecular weight excluding hydrogens is 204 g/mol. The van der Waals surface area contributed by atoms with E-state index in [4.69, 9.17) is 4.74 Å². The molecule has 2 aliphatic carbocycles. The first-order valence-electron chi connectivity index (χ1n) is 5.86. The minimum Gasteiger partial charge on any atom is -0.618 e. The van der Waals surface area contributed by atoms with Crippen molar-refractivity contribution in [3.63, 3.8) is 0 Å². The lowest BCUT2D eigenvalue weighted by Gasteiger charge is -2.11. The van der Waals surface area contributed by atoms with Crippen LogP contribution in [0.5, 0.6) is 0 Å². The number of rotatable bonds is 0. The number of nitrogens with zero attached hydrogens (tertiary/aromatic N) is 2. The quantitative estimate of drug-likeness (QED) is 0.374. The molecule has 0 unspecified atom stereocenters. The summed E-state index contributed by atoms with van der Waals surface area (Å²) in [4.78, 5) is 4.40. The molecule has 4 rings (SSSR count). The van der Waals surface area contributed by atoms with Gasteiger partial charge in [-0.15, -0.1) is 0 Å². The molecule has 16 heavy (non-hydrogen) atoms. The van der Waals surface area contributed by atoms with E-state index in [0.717, 1.165) is 29.0 Å². The van der Waals surface area contributed by atoms with Crippen LogP contribution in [0.15, 0.2) is 12.4 Å². The van der Waals surface area contributed by atoms with Crippen molar-refractivity contribution in [3.05, 3.63) is 29.0 Å². The van der Waals surface area contributed by atoms with Gasteiger partial charge >= 0.3 is 0 Å². The molecule has 4 nitrogen and oxygen atoms in total. The standard InChI is InChI=1S/C12H14N2O2/c1-11(2)12(16-11)7-3-4-8(12)10-9(7)13-5-6-14(10)15/h5-8H,3-4H2,1-2H3/t7-,8+,12-/m0/s1. The van der Waals surface area contributed by atoms with E-state index in [1.165, 1.54) is 6.20 Å². The zero-order chi connectivity index (χ0) is 11.1. The third kappa shape index (κ3) is 0.696. The summed E-state index contributed by atoms with van der Waals surface area (Å²) in [5.74, 6) is 0.595. The molecule has 4 heteroatoms. The van der Waals surface area contributed by atoms with Gasteiger partial charge in [-0.2, -0.15) is 4.73 Å². The lowest BCUT2D eigenvalue weighted by molar-refractivity contribution is -0.616. The average molecular weight is 218 g/mol. The highest BCUT2D eigenvalue weighted by molar-refractivity contribution is 5.44. The monoisotopic (exact) mass is 218 g/mol. The van der Waals surface area contributed by atoms with Crippen molar-refractivity contribution in [1.82, 2.24) is 4.98 Å². The van der Waals surface area contributed by atoms with Crippen LogP contribution in [0.3, 0.4) is 0 Å². The highest BCUT2D eigenvalue weighted by atomic mass is 16.6. The minimum atomic E-state index is -0.115. The van der Waals surface area contributed by atoms with E-state index in [9.17, 15) is 5.21 Å². The van der Waals surface area contributed by atoms with Crippen LogP contribution in [0.25, 0.3) is 0 Å². The molecule has 0 amide bonds. The smallest absolute Gasteiger partial charge is 0.220 e. The average Bonchev–Trinajstić information content (AvgIpc) is 2.54. The van der Waals surface area contributed by atoms with Crippen LogP contribution in [0, 0.1) is 5.21 Å². The molecule has 2 bridgehead atoms. The maximum Gasteiger partial charge on any atom is 0.220 e. The Kier molecular flexibility index (Phi) is 1.26. The molecule has 84 valence electrons. The maximum absolute atomic E-state index is 11.8. The van der Waals surface area contributed by atoms with Crippen molar-refractivity contribution in [2.45, 2.75) is 49.7 Å². The van der Waals surface area contributed by atoms with E-state index in [1.54, 1.807) is 6.20 Å². The van der Waals surface area contributed by atoms with E-state index in [1.807, 2.05) is 0 Å². The number of ether oxygens (including phenoxy) is 1. The minimum absolute atomic E-state index is 0.0907. The fourth-order valence-electron chi connectivity index (χ4n) is 4.10. The van der Waals surface area contributed by atoms with Crippen molar-refractivity contribution in [1.29, 1.82) is 0 Å². The first kappa shape index (κ1) is 8.93. The summed E-state index contributed by atoms with van der Waals surface area (Å²) < 4.78 is 6.98. The lowest BCUT2D eigenvalue weighted by atomic mass is 9.85. The molecule has 1 aliphatic heterocycles. The Morgan fingerprint density at radius 1 is 1.44 bits per heavy atom. The van der Waals surface area contributed by atoms with E-state index < -0.39 is 0 Å². The van der Waals surface area contributed by atoms with E-state index in [0.29, 0.717) is 5.92 Å². The predicted octanol–water partition coefficient (Wildman–Crippen LogP) is 1.24. The molecule has 2 heterocycles. The normalized spacial score (nSPS) is 41.4. The highest BCUT2D eigenvalue weighted by Gasteiger charge is 2.79. The highest BCUT2D eigenvalue weighted by Crippen LogP contribution is 2.72. The zero-order valence-electron chi connectivity index (χ0n) is 9.43. The molecule has 3 atom stereocenters. The predicted molar refractivity (Wildman–Crippen MR) is 55.8 cm³/mol. The van der Waals surface area contributed by atoms with Gasteiger partial charge in [0.15, 0.2) is 6.20 Å². The summed E-state index contributed by atoms with van der Waals surface area (Å²) in [5.41, 5.74) is 1.64. The second kappa shape index (κ2) is 2.25. The number of hydrogen-bond acceptors (Lipinski definition) is 3. The van der Waals surface area contributed by atoms with Gasteiger partial charge in [0, 0.05) is 5.92 Å². The summed E-state index contributed by atoms with van der Waals surface area (Å²) in [5, 5.41) is 11.8. The van der Waals surface area contributed by atoms with Crippen molar-refractivity contribution in [2.75, 3.05) is 0 Å². The van der Waals surface area contributed by atoms with Gasteiger partial charge in [0.2, 0.25) is 5.69 Å². The largest absolute Gasteiger partial charge is 0.618 e. The Balaban J connectivity index is 1.96. The number of hydrogen-bond donors (Lipinski definition) is 0. The summed E-state index contributed by atoms with van der Waals surface area (Å²) >= 11 is 0. The molecule has 3 aliphatic rings.